The third kappa shape index (κ3) is 2.81. The van der Waals surface area contributed by atoms with Crippen LogP contribution in [0.2, 0.25) is 0 Å². The number of aromatic nitrogens is 2. The van der Waals surface area contributed by atoms with Gasteiger partial charge >= 0.3 is 0 Å². The minimum atomic E-state index is 0.186. The lowest BCUT2D eigenvalue weighted by atomic mass is 10.1. The Labute approximate surface area is 119 Å². The number of rotatable bonds is 3. The quantitative estimate of drug-likeness (QED) is 0.820. The summed E-state index contributed by atoms with van der Waals surface area (Å²) in [6.45, 7) is 0. The summed E-state index contributed by atoms with van der Waals surface area (Å²) in [5.41, 5.74) is 13.2. The molecule has 0 unspecified atom stereocenters. The summed E-state index contributed by atoms with van der Waals surface area (Å²) in [6, 6.07) is 5.98. The van der Waals surface area contributed by atoms with E-state index >= 15 is 0 Å². The predicted molar refractivity (Wildman–Crippen MR) is 79.4 cm³/mol. The Morgan fingerprint density at radius 3 is 2.72 bits per heavy atom. The van der Waals surface area contributed by atoms with Gasteiger partial charge in [0.05, 0.1) is 7.11 Å². The van der Waals surface area contributed by atoms with Crippen molar-refractivity contribution in [1.82, 2.24) is 9.97 Å². The number of nitrogens with two attached hydrogens (primary N) is 2. The summed E-state index contributed by atoms with van der Waals surface area (Å²) in [6.07, 6.45) is 2.27. The zero-order chi connectivity index (χ0) is 13.1. The number of hydrogen-bond donors (Lipinski definition) is 2. The normalized spacial score (nSPS) is 10.3. The van der Waals surface area contributed by atoms with Crippen molar-refractivity contribution in [3.8, 4) is 5.75 Å². The predicted octanol–water partition coefficient (Wildman–Crippen LogP) is 1.84. The molecule has 4 N–H and O–H groups in total. The van der Waals surface area contributed by atoms with Gasteiger partial charge in [-0.05, 0) is 46.4 Å². The van der Waals surface area contributed by atoms with Crippen LogP contribution in [0, 0.1) is 3.57 Å². The molecule has 1 heterocycles. The molecule has 0 aliphatic heterocycles. The van der Waals surface area contributed by atoms with E-state index in [1.165, 1.54) is 0 Å². The largest absolute Gasteiger partial charge is 0.496 e. The van der Waals surface area contributed by atoms with Gasteiger partial charge in [-0.2, -0.15) is 4.98 Å². The van der Waals surface area contributed by atoms with Crippen molar-refractivity contribution in [2.75, 3.05) is 18.6 Å². The molecule has 0 aliphatic carbocycles. The molecule has 2 aromatic rings. The van der Waals surface area contributed by atoms with Gasteiger partial charge in [0.25, 0.3) is 0 Å². The molecule has 0 saturated carbocycles. The maximum atomic E-state index is 5.83. The Hall–Kier alpha value is -1.57. The average Bonchev–Trinajstić information content (AvgIpc) is 2.33. The van der Waals surface area contributed by atoms with E-state index in [1.54, 1.807) is 13.3 Å². The van der Waals surface area contributed by atoms with Crippen LogP contribution in [0.4, 0.5) is 11.8 Å². The minimum absolute atomic E-state index is 0.186. The van der Waals surface area contributed by atoms with Gasteiger partial charge in [-0.25, -0.2) is 4.98 Å². The third-order valence-electron chi connectivity index (χ3n) is 2.54. The first kappa shape index (κ1) is 12.9. The van der Waals surface area contributed by atoms with Crippen molar-refractivity contribution in [3.63, 3.8) is 0 Å². The van der Waals surface area contributed by atoms with Crippen molar-refractivity contribution >= 4 is 34.4 Å². The number of benzene rings is 1. The Bertz CT molecular complexity index is 574. The molecule has 18 heavy (non-hydrogen) atoms. The SMILES string of the molecule is COc1ccc(I)cc1Cc1cnc(N)nc1N. The topological polar surface area (TPSA) is 87.0 Å². The molecule has 0 aliphatic rings. The highest BCUT2D eigenvalue weighted by atomic mass is 127. The van der Waals surface area contributed by atoms with Gasteiger partial charge in [0.15, 0.2) is 0 Å². The second-order valence-corrected chi connectivity index (χ2v) is 5.02. The highest BCUT2D eigenvalue weighted by Gasteiger charge is 2.08. The van der Waals surface area contributed by atoms with Crippen LogP contribution >= 0.6 is 22.6 Å². The Morgan fingerprint density at radius 1 is 1.28 bits per heavy atom. The molecule has 1 aromatic carbocycles. The fourth-order valence-electron chi connectivity index (χ4n) is 1.66. The van der Waals surface area contributed by atoms with Crippen LogP contribution < -0.4 is 16.2 Å². The number of nitrogens with zero attached hydrogens (tertiary/aromatic N) is 2. The van der Waals surface area contributed by atoms with Crippen LogP contribution in [0.1, 0.15) is 11.1 Å². The molecule has 5 nitrogen and oxygen atoms in total. The lowest BCUT2D eigenvalue weighted by Gasteiger charge is -2.10. The van der Waals surface area contributed by atoms with Crippen LogP contribution in [0.3, 0.4) is 0 Å². The molecule has 0 spiro atoms. The molecule has 1 aromatic heterocycles. The van der Waals surface area contributed by atoms with Crippen molar-refractivity contribution in [3.05, 3.63) is 39.1 Å². The highest BCUT2D eigenvalue weighted by molar-refractivity contribution is 14.1. The monoisotopic (exact) mass is 356 g/mol. The van der Waals surface area contributed by atoms with Crippen LogP contribution in [0.5, 0.6) is 5.75 Å². The first-order valence-corrected chi connectivity index (χ1v) is 6.37. The first-order valence-electron chi connectivity index (χ1n) is 5.29. The summed E-state index contributed by atoms with van der Waals surface area (Å²) in [5.74, 6) is 1.42. The zero-order valence-corrected chi connectivity index (χ0v) is 12.0. The van der Waals surface area contributed by atoms with E-state index in [0.717, 1.165) is 20.4 Å². The summed E-state index contributed by atoms with van der Waals surface area (Å²) in [5, 5.41) is 0. The summed E-state index contributed by atoms with van der Waals surface area (Å²) < 4.78 is 6.46. The number of halogens is 1. The maximum Gasteiger partial charge on any atom is 0.221 e. The number of methoxy groups -OCH3 is 1. The van der Waals surface area contributed by atoms with Crippen molar-refractivity contribution in [2.24, 2.45) is 0 Å². The van der Waals surface area contributed by atoms with Crippen LogP contribution in [-0.4, -0.2) is 17.1 Å². The Kier molecular flexibility index (Phi) is 3.85. The lowest BCUT2D eigenvalue weighted by molar-refractivity contribution is 0.410. The molecule has 94 valence electrons. The van der Waals surface area contributed by atoms with Gasteiger partial charge in [-0.1, -0.05) is 0 Å². The van der Waals surface area contributed by atoms with Crippen LogP contribution in [0.25, 0.3) is 0 Å². The standard InChI is InChI=1S/C12H13IN4O/c1-18-10-3-2-9(13)5-7(10)4-8-6-16-12(15)17-11(8)14/h2-3,5-6H,4H2,1H3,(H4,14,15,16,17). The van der Waals surface area contributed by atoms with E-state index in [0.29, 0.717) is 12.2 Å². The van der Waals surface area contributed by atoms with Gasteiger partial charge in [-0.3, -0.25) is 0 Å². The van der Waals surface area contributed by atoms with E-state index in [9.17, 15) is 0 Å². The van der Waals surface area contributed by atoms with Gasteiger partial charge in [0.1, 0.15) is 11.6 Å². The highest BCUT2D eigenvalue weighted by Crippen LogP contribution is 2.25. The first-order chi connectivity index (χ1) is 8.60. The molecule has 0 saturated heterocycles. The maximum absolute atomic E-state index is 5.83. The van der Waals surface area contributed by atoms with Crippen LogP contribution in [0.15, 0.2) is 24.4 Å². The van der Waals surface area contributed by atoms with E-state index in [2.05, 4.69) is 38.6 Å². The fourth-order valence-corrected chi connectivity index (χ4v) is 2.22. The van der Waals surface area contributed by atoms with E-state index in [-0.39, 0.29) is 5.95 Å². The molecule has 0 atom stereocenters. The number of nitrogen functional groups attached to an aromatic ring is 2. The number of ether oxygens (including phenoxy) is 1. The van der Waals surface area contributed by atoms with E-state index in [4.69, 9.17) is 16.2 Å². The molecular formula is C12H13IN4O. The smallest absolute Gasteiger partial charge is 0.221 e. The molecule has 6 heteroatoms. The van der Waals surface area contributed by atoms with Gasteiger partial charge in [0.2, 0.25) is 5.95 Å². The second-order valence-electron chi connectivity index (χ2n) is 3.77. The third-order valence-corrected chi connectivity index (χ3v) is 3.21. The van der Waals surface area contributed by atoms with E-state index < -0.39 is 0 Å². The molecular weight excluding hydrogens is 343 g/mol. The van der Waals surface area contributed by atoms with Crippen LogP contribution in [-0.2, 0) is 6.42 Å². The molecule has 0 amide bonds. The molecule has 0 radical (unpaired) electrons. The lowest BCUT2D eigenvalue weighted by Crippen LogP contribution is -2.04. The molecule has 0 fully saturated rings. The zero-order valence-electron chi connectivity index (χ0n) is 9.85. The number of hydrogen-bond acceptors (Lipinski definition) is 5. The van der Waals surface area contributed by atoms with Crippen molar-refractivity contribution in [1.29, 1.82) is 0 Å². The minimum Gasteiger partial charge on any atom is -0.496 e. The Balaban J connectivity index is 2.36. The second kappa shape index (κ2) is 5.38. The summed E-state index contributed by atoms with van der Waals surface area (Å²) in [7, 11) is 1.65. The van der Waals surface area contributed by atoms with Gasteiger partial charge in [-0.15, -0.1) is 0 Å². The van der Waals surface area contributed by atoms with Crippen molar-refractivity contribution in [2.45, 2.75) is 6.42 Å². The van der Waals surface area contributed by atoms with Gasteiger partial charge < -0.3 is 16.2 Å². The van der Waals surface area contributed by atoms with Gasteiger partial charge in [0, 0.05) is 21.8 Å². The van der Waals surface area contributed by atoms with Crippen molar-refractivity contribution < 1.29 is 4.74 Å². The average molecular weight is 356 g/mol. The fraction of sp³-hybridized carbons (Fsp3) is 0.167. The molecule has 0 bridgehead atoms. The molecule has 2 rings (SSSR count). The summed E-state index contributed by atoms with van der Waals surface area (Å²) >= 11 is 2.26. The summed E-state index contributed by atoms with van der Waals surface area (Å²) in [4.78, 5) is 7.91. The Morgan fingerprint density at radius 2 is 2.06 bits per heavy atom. The van der Waals surface area contributed by atoms with E-state index in [1.807, 2.05) is 12.1 Å². The number of anilines is 2.